The maximum absolute atomic E-state index is 7.35. The molecule has 5 atom stereocenters. The Labute approximate surface area is 251 Å². The molecule has 0 saturated heterocycles. The third-order valence-electron chi connectivity index (χ3n) is 9.58. The van der Waals surface area contributed by atoms with Crippen LogP contribution in [-0.2, 0) is 10.2 Å². The Hall–Kier alpha value is -3.98. The lowest BCUT2D eigenvalue weighted by atomic mass is 9.64. The van der Waals surface area contributed by atoms with E-state index in [0.29, 0.717) is 11.8 Å². The van der Waals surface area contributed by atoms with Crippen LogP contribution in [0.3, 0.4) is 0 Å². The number of ether oxygens (including phenoxy) is 2. The molecule has 0 spiro atoms. The molecule has 4 aromatic rings. The van der Waals surface area contributed by atoms with Gasteiger partial charge in [0.1, 0.15) is 23.7 Å². The molecule has 2 aliphatic rings. The zero-order chi connectivity index (χ0) is 29.1. The molecule has 1 heterocycles. The highest BCUT2D eigenvalue weighted by Crippen LogP contribution is 2.50. The number of nitrogens with zero attached hydrogens (tertiary/aromatic N) is 1. The van der Waals surface area contributed by atoms with Gasteiger partial charge < -0.3 is 14.4 Å². The van der Waals surface area contributed by atoms with E-state index in [2.05, 4.69) is 147 Å². The summed E-state index contributed by atoms with van der Waals surface area (Å²) in [6.45, 7) is 7.21. The number of rotatable bonds is 8. The highest BCUT2D eigenvalue weighted by molar-refractivity contribution is 5.58. The zero-order valence-electron chi connectivity index (χ0n) is 25.3. The molecule has 4 aromatic carbocycles. The molecule has 0 N–H and O–H groups in total. The smallest absolute Gasteiger partial charge is 0.122 e. The average molecular weight is 558 g/mol. The van der Waals surface area contributed by atoms with Gasteiger partial charge in [-0.25, -0.2) is 0 Å². The Balaban J connectivity index is 1.43. The molecule has 0 amide bonds. The van der Waals surface area contributed by atoms with Crippen LogP contribution in [0.1, 0.15) is 68.8 Å². The van der Waals surface area contributed by atoms with E-state index in [1.165, 1.54) is 35.2 Å². The summed E-state index contributed by atoms with van der Waals surface area (Å²) in [6.07, 6.45) is 5.98. The largest absolute Gasteiger partial charge is 0.497 e. The van der Waals surface area contributed by atoms with Gasteiger partial charge in [-0.2, -0.15) is 0 Å². The first-order chi connectivity index (χ1) is 20.5. The van der Waals surface area contributed by atoms with E-state index >= 15 is 0 Å². The standard InChI is InChI=1S/C39H43NO2/c1-28-20-25-34(39(2,3)31-16-10-6-11-17-31)36(26-28)42-37-27-35(29-21-23-33(41-4)24-22-29)40(32-18-12-7-13-19-32)38(37)30-14-8-5-9-15-30/h5-19,21-24,27-28,34-36,38H,20,25-26H2,1-4H3/t28-,34-,35-,36-,38+/m1/s1. The van der Waals surface area contributed by atoms with Crippen molar-refractivity contribution in [2.45, 2.75) is 63.6 Å². The first-order valence-electron chi connectivity index (χ1n) is 15.4. The van der Waals surface area contributed by atoms with Gasteiger partial charge >= 0.3 is 0 Å². The van der Waals surface area contributed by atoms with Crippen LogP contribution in [0.2, 0.25) is 0 Å². The predicted octanol–water partition coefficient (Wildman–Crippen LogP) is 9.68. The fourth-order valence-corrected chi connectivity index (χ4v) is 7.20. The van der Waals surface area contributed by atoms with Gasteiger partial charge in [0, 0.05) is 11.6 Å². The van der Waals surface area contributed by atoms with E-state index in [1.54, 1.807) is 7.11 Å². The maximum atomic E-state index is 7.35. The van der Waals surface area contributed by atoms with Crippen LogP contribution in [0.25, 0.3) is 0 Å². The number of benzene rings is 4. The van der Waals surface area contributed by atoms with Gasteiger partial charge in [-0.1, -0.05) is 118 Å². The van der Waals surface area contributed by atoms with Crippen LogP contribution in [0.15, 0.2) is 127 Å². The molecule has 3 heteroatoms. The van der Waals surface area contributed by atoms with E-state index in [4.69, 9.17) is 9.47 Å². The van der Waals surface area contributed by atoms with E-state index in [0.717, 1.165) is 17.9 Å². The topological polar surface area (TPSA) is 21.7 Å². The highest BCUT2D eigenvalue weighted by Gasteiger charge is 2.44. The van der Waals surface area contributed by atoms with Gasteiger partial charge in [0.25, 0.3) is 0 Å². The molecule has 42 heavy (non-hydrogen) atoms. The number of methoxy groups -OCH3 is 1. The molecule has 216 valence electrons. The van der Waals surface area contributed by atoms with Gasteiger partial charge in [-0.3, -0.25) is 0 Å². The Morgan fingerprint density at radius 3 is 1.98 bits per heavy atom. The fraction of sp³-hybridized carbons (Fsp3) is 0.333. The van der Waals surface area contributed by atoms with E-state index in [-0.39, 0.29) is 23.6 Å². The van der Waals surface area contributed by atoms with Crippen LogP contribution in [0.5, 0.6) is 5.75 Å². The number of anilines is 1. The number of hydrogen-bond donors (Lipinski definition) is 0. The molecule has 1 saturated carbocycles. The minimum atomic E-state index is -0.0292. The van der Waals surface area contributed by atoms with E-state index < -0.39 is 0 Å². The van der Waals surface area contributed by atoms with Crippen LogP contribution < -0.4 is 9.64 Å². The number of para-hydroxylation sites is 1. The van der Waals surface area contributed by atoms with Crippen molar-refractivity contribution in [1.29, 1.82) is 0 Å². The molecule has 1 aliphatic heterocycles. The third-order valence-corrected chi connectivity index (χ3v) is 9.58. The predicted molar refractivity (Wildman–Crippen MR) is 173 cm³/mol. The lowest BCUT2D eigenvalue weighted by Gasteiger charge is -2.45. The fourth-order valence-electron chi connectivity index (χ4n) is 7.20. The normalized spacial score (nSPS) is 24.2. The third kappa shape index (κ3) is 5.57. The second-order valence-electron chi connectivity index (χ2n) is 12.6. The van der Waals surface area contributed by atoms with Gasteiger partial charge in [0.15, 0.2) is 0 Å². The Morgan fingerprint density at radius 1 is 0.714 bits per heavy atom. The lowest BCUT2D eigenvalue weighted by molar-refractivity contribution is -0.0154. The summed E-state index contributed by atoms with van der Waals surface area (Å²) in [6, 6.07) is 41.1. The summed E-state index contributed by atoms with van der Waals surface area (Å²) in [5.74, 6) is 2.97. The molecule has 0 radical (unpaired) electrons. The van der Waals surface area contributed by atoms with Crippen LogP contribution >= 0.6 is 0 Å². The number of hydrogen-bond acceptors (Lipinski definition) is 3. The second-order valence-corrected chi connectivity index (χ2v) is 12.6. The lowest BCUT2D eigenvalue weighted by Crippen LogP contribution is -2.43. The summed E-state index contributed by atoms with van der Waals surface area (Å²) in [5.41, 5.74) is 5.03. The first kappa shape index (κ1) is 28.2. The minimum Gasteiger partial charge on any atom is -0.497 e. The molecule has 6 rings (SSSR count). The van der Waals surface area contributed by atoms with Crippen molar-refractivity contribution < 1.29 is 9.47 Å². The quantitative estimate of drug-likeness (QED) is 0.215. The van der Waals surface area contributed by atoms with Crippen molar-refractivity contribution in [2.24, 2.45) is 11.8 Å². The molecular weight excluding hydrogens is 514 g/mol. The van der Waals surface area contributed by atoms with Gasteiger partial charge in [0.05, 0.1) is 13.2 Å². The summed E-state index contributed by atoms with van der Waals surface area (Å²) in [4.78, 5) is 2.52. The van der Waals surface area contributed by atoms with Crippen molar-refractivity contribution in [3.8, 4) is 5.75 Å². The second kappa shape index (κ2) is 12.1. The van der Waals surface area contributed by atoms with Crippen molar-refractivity contribution >= 4 is 5.69 Å². The van der Waals surface area contributed by atoms with Crippen LogP contribution in [0.4, 0.5) is 5.69 Å². The SMILES string of the molecule is COc1ccc([C@H]2C=C(O[C@@H]3C[C@H](C)CC[C@H]3C(C)(C)c3ccccc3)[C@H](c3ccccc3)N2c2ccccc2)cc1. The van der Waals surface area contributed by atoms with Crippen LogP contribution in [0, 0.1) is 11.8 Å². The van der Waals surface area contributed by atoms with Crippen molar-refractivity contribution in [2.75, 3.05) is 12.0 Å². The minimum absolute atomic E-state index is 0.00196. The monoisotopic (exact) mass is 557 g/mol. The summed E-state index contributed by atoms with van der Waals surface area (Å²) >= 11 is 0. The Bertz CT molecular complexity index is 1460. The van der Waals surface area contributed by atoms with Crippen molar-refractivity contribution in [3.05, 3.63) is 144 Å². The van der Waals surface area contributed by atoms with E-state index in [9.17, 15) is 0 Å². The van der Waals surface area contributed by atoms with Crippen molar-refractivity contribution in [1.82, 2.24) is 0 Å². The highest BCUT2D eigenvalue weighted by atomic mass is 16.5. The molecule has 0 aromatic heterocycles. The summed E-state index contributed by atoms with van der Waals surface area (Å²) < 4.78 is 12.8. The Kier molecular flexibility index (Phi) is 8.11. The summed E-state index contributed by atoms with van der Waals surface area (Å²) in [5, 5.41) is 0. The summed E-state index contributed by atoms with van der Waals surface area (Å²) in [7, 11) is 1.72. The average Bonchev–Trinajstić information content (AvgIpc) is 3.41. The van der Waals surface area contributed by atoms with Crippen LogP contribution in [-0.4, -0.2) is 13.2 Å². The molecule has 1 fully saturated rings. The molecule has 0 unspecified atom stereocenters. The van der Waals surface area contributed by atoms with Gasteiger partial charge in [-0.15, -0.1) is 0 Å². The maximum Gasteiger partial charge on any atom is 0.122 e. The molecule has 0 bridgehead atoms. The van der Waals surface area contributed by atoms with Crippen molar-refractivity contribution in [3.63, 3.8) is 0 Å². The molecular formula is C39H43NO2. The first-order valence-corrected chi connectivity index (χ1v) is 15.4. The zero-order valence-corrected chi connectivity index (χ0v) is 25.3. The molecule has 3 nitrogen and oxygen atoms in total. The molecule has 1 aliphatic carbocycles. The van der Waals surface area contributed by atoms with Gasteiger partial charge in [-0.05, 0) is 71.2 Å². The Morgan fingerprint density at radius 2 is 1.33 bits per heavy atom. The van der Waals surface area contributed by atoms with E-state index in [1.807, 2.05) is 0 Å². The van der Waals surface area contributed by atoms with Gasteiger partial charge in [0.2, 0.25) is 0 Å².